The van der Waals surface area contributed by atoms with Crippen LogP contribution in [0.25, 0.3) is 0 Å². The van der Waals surface area contributed by atoms with Crippen molar-refractivity contribution in [2.75, 3.05) is 18.4 Å². The number of hydrogen-bond donors (Lipinski definition) is 2. The number of nitrogens with one attached hydrogen (secondary N) is 2. The van der Waals surface area contributed by atoms with Gasteiger partial charge in [-0.25, -0.2) is 4.79 Å². The molecule has 1 aromatic carbocycles. The summed E-state index contributed by atoms with van der Waals surface area (Å²) in [6.45, 7) is 3.77. The van der Waals surface area contributed by atoms with Crippen molar-refractivity contribution in [1.82, 2.24) is 10.2 Å². The molecule has 2 heterocycles. The van der Waals surface area contributed by atoms with Crippen molar-refractivity contribution in [2.24, 2.45) is 0 Å². The molecular weight excluding hydrogens is 310 g/mol. The molecule has 1 aliphatic rings. The molecule has 0 radical (unpaired) electrons. The first-order valence-corrected chi connectivity index (χ1v) is 8.54. The Kier molecular flexibility index (Phi) is 4.62. The summed E-state index contributed by atoms with van der Waals surface area (Å²) in [4.78, 5) is 26.7. The third-order valence-corrected chi connectivity index (χ3v) is 4.69. The molecule has 0 saturated carbocycles. The van der Waals surface area contributed by atoms with Crippen LogP contribution in [-0.4, -0.2) is 29.9 Å². The van der Waals surface area contributed by atoms with E-state index in [2.05, 4.69) is 10.6 Å². The molecule has 23 heavy (non-hydrogen) atoms. The van der Waals surface area contributed by atoms with Gasteiger partial charge in [-0.05, 0) is 48.1 Å². The quantitative estimate of drug-likeness (QED) is 0.909. The van der Waals surface area contributed by atoms with Gasteiger partial charge in [0, 0.05) is 25.3 Å². The largest absolute Gasteiger partial charge is 0.338 e. The van der Waals surface area contributed by atoms with Crippen LogP contribution in [0.5, 0.6) is 0 Å². The second kappa shape index (κ2) is 6.83. The topological polar surface area (TPSA) is 61.4 Å². The van der Waals surface area contributed by atoms with E-state index in [1.54, 1.807) is 0 Å². The second-order valence-corrected chi connectivity index (χ2v) is 6.37. The molecule has 0 spiro atoms. The highest BCUT2D eigenvalue weighted by atomic mass is 32.1. The summed E-state index contributed by atoms with van der Waals surface area (Å²) in [6, 6.07) is 9.43. The van der Waals surface area contributed by atoms with Gasteiger partial charge in [0.1, 0.15) is 0 Å². The number of carbonyl (C=O) groups is 2. The number of benzene rings is 1. The molecule has 0 fully saturated rings. The van der Waals surface area contributed by atoms with Crippen molar-refractivity contribution in [3.8, 4) is 0 Å². The highest BCUT2D eigenvalue weighted by Gasteiger charge is 2.22. The summed E-state index contributed by atoms with van der Waals surface area (Å²) < 4.78 is 0. The fraction of sp³-hybridized carbons (Fsp3) is 0.294. The highest BCUT2D eigenvalue weighted by Crippen LogP contribution is 2.24. The van der Waals surface area contributed by atoms with Gasteiger partial charge in [0.25, 0.3) is 5.91 Å². The Labute approximate surface area is 139 Å². The zero-order valence-electron chi connectivity index (χ0n) is 13.0. The summed E-state index contributed by atoms with van der Waals surface area (Å²) >= 11 is 1.47. The zero-order chi connectivity index (χ0) is 16.2. The van der Waals surface area contributed by atoms with Crippen molar-refractivity contribution in [3.05, 3.63) is 51.7 Å². The maximum Gasteiger partial charge on any atom is 0.319 e. The number of nitrogens with zero attached hydrogens (tertiary/aromatic N) is 1. The van der Waals surface area contributed by atoms with Gasteiger partial charge >= 0.3 is 6.03 Å². The Morgan fingerprint density at radius 3 is 2.87 bits per heavy atom. The van der Waals surface area contributed by atoms with E-state index in [1.807, 2.05) is 47.5 Å². The minimum absolute atomic E-state index is 0.0766. The lowest BCUT2D eigenvalue weighted by Crippen LogP contribution is -2.35. The van der Waals surface area contributed by atoms with Crippen LogP contribution in [0.4, 0.5) is 10.5 Å². The predicted octanol–water partition coefficient (Wildman–Crippen LogP) is 3.09. The number of amides is 3. The van der Waals surface area contributed by atoms with E-state index < -0.39 is 0 Å². The van der Waals surface area contributed by atoms with Gasteiger partial charge in [-0.2, -0.15) is 0 Å². The number of anilines is 1. The average molecular weight is 329 g/mol. The van der Waals surface area contributed by atoms with Crippen LogP contribution in [0.2, 0.25) is 0 Å². The van der Waals surface area contributed by atoms with Gasteiger partial charge in [-0.3, -0.25) is 4.79 Å². The van der Waals surface area contributed by atoms with E-state index in [-0.39, 0.29) is 11.9 Å². The Bertz CT molecular complexity index is 713. The molecule has 3 rings (SSSR count). The molecule has 6 heteroatoms. The van der Waals surface area contributed by atoms with Gasteiger partial charge in [-0.15, -0.1) is 11.3 Å². The van der Waals surface area contributed by atoms with Gasteiger partial charge in [0.05, 0.1) is 4.88 Å². The summed E-state index contributed by atoms with van der Waals surface area (Å²) in [5.74, 6) is 0.0766. The molecule has 0 unspecified atom stereocenters. The Balaban J connectivity index is 1.74. The maximum absolute atomic E-state index is 12.5. The van der Waals surface area contributed by atoms with E-state index in [4.69, 9.17) is 0 Å². The summed E-state index contributed by atoms with van der Waals surface area (Å²) in [6.07, 6.45) is 0.841. The van der Waals surface area contributed by atoms with Crippen LogP contribution in [0.1, 0.15) is 27.7 Å². The summed E-state index contributed by atoms with van der Waals surface area (Å²) in [5, 5.41) is 7.44. The van der Waals surface area contributed by atoms with Crippen LogP contribution in [0.15, 0.2) is 35.7 Å². The van der Waals surface area contributed by atoms with E-state index in [0.717, 1.165) is 29.1 Å². The lowest BCUT2D eigenvalue weighted by Gasteiger charge is -2.29. The monoisotopic (exact) mass is 329 g/mol. The molecule has 0 bridgehead atoms. The van der Waals surface area contributed by atoms with Crippen LogP contribution >= 0.6 is 11.3 Å². The number of urea groups is 1. The molecule has 2 N–H and O–H groups in total. The van der Waals surface area contributed by atoms with Gasteiger partial charge < -0.3 is 15.5 Å². The van der Waals surface area contributed by atoms with Crippen LogP contribution in [0.3, 0.4) is 0 Å². The molecular formula is C17H19N3O2S. The van der Waals surface area contributed by atoms with Crippen molar-refractivity contribution < 1.29 is 9.59 Å². The molecule has 120 valence electrons. The normalized spacial score (nSPS) is 13.3. The number of hydrogen-bond acceptors (Lipinski definition) is 3. The minimum atomic E-state index is -0.213. The maximum atomic E-state index is 12.5. The molecule has 2 aromatic rings. The summed E-state index contributed by atoms with van der Waals surface area (Å²) in [5.41, 5.74) is 3.08. The fourth-order valence-electron chi connectivity index (χ4n) is 2.70. The summed E-state index contributed by atoms with van der Waals surface area (Å²) in [7, 11) is 0. The van der Waals surface area contributed by atoms with Crippen molar-refractivity contribution in [3.63, 3.8) is 0 Å². The van der Waals surface area contributed by atoms with E-state index in [1.165, 1.54) is 16.9 Å². The van der Waals surface area contributed by atoms with E-state index >= 15 is 0 Å². The van der Waals surface area contributed by atoms with Crippen LogP contribution in [0, 0.1) is 0 Å². The Hall–Kier alpha value is -2.34. The number of thiophene rings is 1. The number of rotatable bonds is 3. The third kappa shape index (κ3) is 3.53. The van der Waals surface area contributed by atoms with Gasteiger partial charge in [0.15, 0.2) is 0 Å². The lowest BCUT2D eigenvalue weighted by atomic mass is 9.99. The van der Waals surface area contributed by atoms with E-state index in [9.17, 15) is 9.59 Å². The molecule has 0 aliphatic carbocycles. The highest BCUT2D eigenvalue weighted by molar-refractivity contribution is 7.12. The third-order valence-electron chi connectivity index (χ3n) is 3.83. The molecule has 0 saturated heterocycles. The number of fused-ring (bicyclic) bond motifs is 1. The van der Waals surface area contributed by atoms with Crippen LogP contribution in [-0.2, 0) is 13.0 Å². The number of carbonyl (C=O) groups excluding carboxylic acids is 2. The fourth-order valence-corrected chi connectivity index (χ4v) is 3.39. The average Bonchev–Trinajstić information content (AvgIpc) is 3.08. The molecule has 1 aromatic heterocycles. The molecule has 5 nitrogen and oxygen atoms in total. The SMILES string of the molecule is CCNC(=O)Nc1ccc2c(c1)CN(C(=O)c1cccs1)CC2. The first kappa shape index (κ1) is 15.6. The zero-order valence-corrected chi connectivity index (χ0v) is 13.8. The van der Waals surface area contributed by atoms with Crippen molar-refractivity contribution >= 4 is 29.0 Å². The Morgan fingerprint density at radius 2 is 2.13 bits per heavy atom. The van der Waals surface area contributed by atoms with E-state index in [0.29, 0.717) is 13.1 Å². The Morgan fingerprint density at radius 1 is 1.26 bits per heavy atom. The molecule has 3 amide bonds. The standard InChI is InChI=1S/C17H19N3O2S/c1-2-18-17(22)19-14-6-5-12-7-8-20(11-13(12)10-14)16(21)15-4-3-9-23-15/h3-6,9-10H,2,7-8,11H2,1H3,(H2,18,19,22). The van der Waals surface area contributed by atoms with Crippen LogP contribution < -0.4 is 10.6 Å². The smallest absolute Gasteiger partial charge is 0.319 e. The van der Waals surface area contributed by atoms with Gasteiger partial charge in [0.2, 0.25) is 0 Å². The minimum Gasteiger partial charge on any atom is -0.338 e. The first-order chi connectivity index (χ1) is 11.2. The van der Waals surface area contributed by atoms with Crippen molar-refractivity contribution in [1.29, 1.82) is 0 Å². The predicted molar refractivity (Wildman–Crippen MR) is 91.9 cm³/mol. The first-order valence-electron chi connectivity index (χ1n) is 7.67. The van der Waals surface area contributed by atoms with Gasteiger partial charge in [-0.1, -0.05) is 12.1 Å². The van der Waals surface area contributed by atoms with Crippen molar-refractivity contribution in [2.45, 2.75) is 19.9 Å². The second-order valence-electron chi connectivity index (χ2n) is 5.42. The molecule has 1 aliphatic heterocycles. The molecule has 0 atom stereocenters. The lowest BCUT2D eigenvalue weighted by molar-refractivity contribution is 0.0739.